The summed E-state index contributed by atoms with van der Waals surface area (Å²) in [4.78, 5) is 12.0. The first-order chi connectivity index (χ1) is 12.8. The minimum absolute atomic E-state index is 0.0114. The summed E-state index contributed by atoms with van der Waals surface area (Å²) in [5.41, 5.74) is 1.13. The maximum atomic E-state index is 12.0. The molecule has 26 heavy (non-hydrogen) atoms. The highest BCUT2D eigenvalue weighted by molar-refractivity contribution is 7.99. The summed E-state index contributed by atoms with van der Waals surface area (Å²) in [6, 6.07) is 13.8. The second-order valence-corrected chi connectivity index (χ2v) is 6.79. The lowest BCUT2D eigenvalue weighted by Gasteiger charge is -2.09. The number of thioether (sulfide) groups is 1. The average molecular weight is 370 g/mol. The molecule has 136 valence electrons. The highest BCUT2D eigenvalue weighted by atomic mass is 32.2. The van der Waals surface area contributed by atoms with Crippen molar-refractivity contribution in [1.82, 2.24) is 20.1 Å². The lowest BCUT2D eigenvalue weighted by atomic mass is 10.2. The van der Waals surface area contributed by atoms with Crippen molar-refractivity contribution >= 4 is 17.7 Å². The molecule has 0 atom stereocenters. The summed E-state index contributed by atoms with van der Waals surface area (Å²) < 4.78 is 7.47. The smallest absolute Gasteiger partial charge is 0.230 e. The lowest BCUT2D eigenvalue weighted by Crippen LogP contribution is -2.26. The fraction of sp³-hybridized carbons (Fsp3) is 0.316. The number of amides is 1. The topological polar surface area (TPSA) is 73.0 Å². The molecule has 3 aromatic rings. The third-order valence-electron chi connectivity index (χ3n) is 3.83. The van der Waals surface area contributed by atoms with Gasteiger partial charge in [0.1, 0.15) is 0 Å². The first kappa shape index (κ1) is 18.3. The predicted molar refractivity (Wildman–Crippen MR) is 102 cm³/mol. The van der Waals surface area contributed by atoms with Crippen LogP contribution < -0.4 is 5.32 Å². The van der Waals surface area contributed by atoms with E-state index in [-0.39, 0.29) is 5.91 Å². The zero-order chi connectivity index (χ0) is 18.2. The second kappa shape index (κ2) is 9.24. The van der Waals surface area contributed by atoms with Gasteiger partial charge >= 0.3 is 0 Å². The SMILES string of the molecule is CCCCNC(=O)CSc1nnc(-c2ccco2)n1Cc1ccccc1. The molecule has 7 heteroatoms. The van der Waals surface area contributed by atoms with E-state index >= 15 is 0 Å². The Kier molecular flexibility index (Phi) is 6.49. The van der Waals surface area contributed by atoms with Crippen molar-refractivity contribution in [2.75, 3.05) is 12.3 Å². The number of carbonyl (C=O) groups excluding carboxylic acids is 1. The lowest BCUT2D eigenvalue weighted by molar-refractivity contribution is -0.118. The van der Waals surface area contributed by atoms with Crippen LogP contribution in [-0.2, 0) is 11.3 Å². The van der Waals surface area contributed by atoms with E-state index in [0.29, 0.717) is 35.6 Å². The van der Waals surface area contributed by atoms with E-state index in [1.165, 1.54) is 11.8 Å². The molecular formula is C19H22N4O2S. The van der Waals surface area contributed by atoms with Crippen LogP contribution in [0.5, 0.6) is 0 Å². The number of carbonyl (C=O) groups is 1. The van der Waals surface area contributed by atoms with Crippen LogP contribution in [0.15, 0.2) is 58.3 Å². The van der Waals surface area contributed by atoms with Crippen LogP contribution in [0.2, 0.25) is 0 Å². The van der Waals surface area contributed by atoms with Gasteiger partial charge < -0.3 is 9.73 Å². The number of benzene rings is 1. The van der Waals surface area contributed by atoms with Crippen LogP contribution in [0.1, 0.15) is 25.3 Å². The van der Waals surface area contributed by atoms with Gasteiger partial charge in [-0.3, -0.25) is 9.36 Å². The Hall–Kier alpha value is -2.54. The predicted octanol–water partition coefficient (Wildman–Crippen LogP) is 3.59. The molecule has 0 bridgehead atoms. The summed E-state index contributed by atoms with van der Waals surface area (Å²) in [6.45, 7) is 3.43. The molecule has 0 saturated heterocycles. The van der Waals surface area contributed by atoms with Crippen molar-refractivity contribution in [3.63, 3.8) is 0 Å². The van der Waals surface area contributed by atoms with Crippen molar-refractivity contribution in [3.05, 3.63) is 54.3 Å². The van der Waals surface area contributed by atoms with Crippen LogP contribution in [0.3, 0.4) is 0 Å². The molecule has 1 aromatic carbocycles. The molecule has 0 spiro atoms. The highest BCUT2D eigenvalue weighted by Gasteiger charge is 2.17. The van der Waals surface area contributed by atoms with Gasteiger partial charge in [0.2, 0.25) is 11.7 Å². The minimum Gasteiger partial charge on any atom is -0.461 e. The Morgan fingerprint density at radius 1 is 1.19 bits per heavy atom. The first-order valence-corrected chi connectivity index (χ1v) is 9.67. The number of furan rings is 1. The van der Waals surface area contributed by atoms with Crippen LogP contribution in [0.25, 0.3) is 11.6 Å². The quantitative estimate of drug-likeness (QED) is 0.460. The molecule has 2 aromatic heterocycles. The maximum Gasteiger partial charge on any atom is 0.230 e. The van der Waals surface area contributed by atoms with Gasteiger partial charge in [-0.25, -0.2) is 0 Å². The summed E-state index contributed by atoms with van der Waals surface area (Å²) >= 11 is 1.39. The Labute approximate surface area is 157 Å². The molecule has 0 unspecified atom stereocenters. The largest absolute Gasteiger partial charge is 0.461 e. The van der Waals surface area contributed by atoms with Crippen molar-refractivity contribution in [2.24, 2.45) is 0 Å². The summed E-state index contributed by atoms with van der Waals surface area (Å²) in [7, 11) is 0. The number of nitrogens with one attached hydrogen (secondary N) is 1. The number of unbranched alkanes of at least 4 members (excludes halogenated alkanes) is 1. The van der Waals surface area contributed by atoms with Crippen molar-refractivity contribution < 1.29 is 9.21 Å². The van der Waals surface area contributed by atoms with E-state index in [0.717, 1.165) is 18.4 Å². The Morgan fingerprint density at radius 3 is 2.77 bits per heavy atom. The first-order valence-electron chi connectivity index (χ1n) is 8.68. The van der Waals surface area contributed by atoms with Gasteiger partial charge in [-0.1, -0.05) is 55.4 Å². The zero-order valence-corrected chi connectivity index (χ0v) is 15.5. The Morgan fingerprint density at radius 2 is 2.04 bits per heavy atom. The summed E-state index contributed by atoms with van der Waals surface area (Å²) in [6.07, 6.45) is 3.67. The van der Waals surface area contributed by atoms with Crippen molar-refractivity contribution in [2.45, 2.75) is 31.5 Å². The van der Waals surface area contributed by atoms with E-state index < -0.39 is 0 Å². The van der Waals surface area contributed by atoms with Gasteiger partial charge in [0.25, 0.3) is 0 Å². The molecule has 1 N–H and O–H groups in total. The third kappa shape index (κ3) is 4.76. The van der Waals surface area contributed by atoms with E-state index in [4.69, 9.17) is 4.42 Å². The number of hydrogen-bond acceptors (Lipinski definition) is 5. The average Bonchev–Trinajstić information content (AvgIpc) is 3.31. The number of nitrogens with zero attached hydrogens (tertiary/aromatic N) is 3. The van der Waals surface area contributed by atoms with Crippen molar-refractivity contribution in [1.29, 1.82) is 0 Å². The summed E-state index contributed by atoms with van der Waals surface area (Å²) in [5, 5.41) is 12.2. The van der Waals surface area contributed by atoms with Crippen LogP contribution in [0.4, 0.5) is 0 Å². The third-order valence-corrected chi connectivity index (χ3v) is 4.79. The number of rotatable bonds is 9. The van der Waals surface area contributed by atoms with Crippen LogP contribution in [-0.4, -0.2) is 33.0 Å². The van der Waals surface area contributed by atoms with E-state index in [2.05, 4.69) is 34.6 Å². The van der Waals surface area contributed by atoms with Gasteiger partial charge in [-0.2, -0.15) is 0 Å². The molecule has 0 saturated carbocycles. The fourth-order valence-electron chi connectivity index (χ4n) is 2.48. The molecule has 6 nitrogen and oxygen atoms in total. The molecule has 0 aliphatic heterocycles. The minimum atomic E-state index is 0.0114. The monoisotopic (exact) mass is 370 g/mol. The highest BCUT2D eigenvalue weighted by Crippen LogP contribution is 2.25. The molecule has 3 rings (SSSR count). The normalized spacial score (nSPS) is 10.8. The van der Waals surface area contributed by atoms with Crippen LogP contribution >= 0.6 is 11.8 Å². The standard InChI is InChI=1S/C19H22N4O2S/c1-2-3-11-20-17(24)14-26-19-22-21-18(16-10-7-12-25-16)23(19)13-15-8-5-4-6-9-15/h4-10,12H,2-3,11,13-14H2,1H3,(H,20,24). The molecule has 0 aliphatic rings. The molecule has 2 heterocycles. The molecular weight excluding hydrogens is 348 g/mol. The van der Waals surface area contributed by atoms with Gasteiger partial charge in [0, 0.05) is 6.54 Å². The zero-order valence-electron chi connectivity index (χ0n) is 14.7. The molecule has 0 radical (unpaired) electrons. The summed E-state index contributed by atoms with van der Waals surface area (Å²) in [5.74, 6) is 1.65. The number of aromatic nitrogens is 3. The van der Waals surface area contributed by atoms with Crippen molar-refractivity contribution in [3.8, 4) is 11.6 Å². The van der Waals surface area contributed by atoms with Gasteiger partial charge in [0.05, 0.1) is 18.6 Å². The van der Waals surface area contributed by atoms with Gasteiger partial charge in [-0.15, -0.1) is 10.2 Å². The fourth-order valence-corrected chi connectivity index (χ4v) is 3.25. The van der Waals surface area contributed by atoms with Crippen LogP contribution in [0, 0.1) is 0 Å². The Balaban J connectivity index is 1.75. The second-order valence-electron chi connectivity index (χ2n) is 5.85. The Bertz CT molecular complexity index is 815. The van der Waals surface area contributed by atoms with E-state index in [9.17, 15) is 4.79 Å². The van der Waals surface area contributed by atoms with E-state index in [1.807, 2.05) is 34.9 Å². The maximum absolute atomic E-state index is 12.0. The van der Waals surface area contributed by atoms with Gasteiger partial charge in [0.15, 0.2) is 10.9 Å². The molecule has 0 fully saturated rings. The molecule has 1 amide bonds. The number of hydrogen-bond donors (Lipinski definition) is 1. The molecule has 0 aliphatic carbocycles. The van der Waals surface area contributed by atoms with E-state index in [1.54, 1.807) is 6.26 Å². The van der Waals surface area contributed by atoms with Gasteiger partial charge in [-0.05, 0) is 24.1 Å².